The SMILES string of the molecule is COC(=O)C1=C(C)N(CCC(C)=O)C(C)=C(C(=O)O)C1c1cccc([N+](=O)[O-])c1. The van der Waals surface area contributed by atoms with E-state index in [-0.39, 0.29) is 35.6 Å². The van der Waals surface area contributed by atoms with Gasteiger partial charge >= 0.3 is 11.9 Å². The van der Waals surface area contributed by atoms with Crippen molar-refractivity contribution in [1.29, 1.82) is 0 Å². The molecule has 1 aliphatic heterocycles. The molecule has 0 aromatic heterocycles. The van der Waals surface area contributed by atoms with Crippen molar-refractivity contribution in [3.8, 4) is 0 Å². The van der Waals surface area contributed by atoms with Crippen molar-refractivity contribution in [2.24, 2.45) is 0 Å². The standard InChI is InChI=1S/C20H22N2O7/c1-11(23)8-9-21-12(2)16(19(24)25)18(17(13(21)3)20(26)29-4)14-6-5-7-15(10-14)22(27)28/h5-7,10,18H,8-9H2,1-4H3,(H,24,25). The van der Waals surface area contributed by atoms with Gasteiger partial charge < -0.3 is 14.7 Å². The Bertz CT molecular complexity index is 946. The smallest absolute Gasteiger partial charge is 0.336 e. The minimum absolute atomic E-state index is 0.0690. The zero-order chi connectivity index (χ0) is 21.9. The molecule has 1 heterocycles. The predicted molar refractivity (Wildman–Crippen MR) is 103 cm³/mol. The molecule has 1 aromatic carbocycles. The molecule has 0 saturated heterocycles. The molecule has 9 nitrogen and oxygen atoms in total. The Kier molecular flexibility index (Phi) is 6.53. The Hall–Kier alpha value is -3.49. The highest BCUT2D eigenvalue weighted by atomic mass is 16.6. The number of carbonyl (C=O) groups excluding carboxylic acids is 2. The molecule has 0 fully saturated rings. The summed E-state index contributed by atoms with van der Waals surface area (Å²) in [5.74, 6) is -3.13. The Morgan fingerprint density at radius 2 is 1.83 bits per heavy atom. The fourth-order valence-corrected chi connectivity index (χ4v) is 3.51. The van der Waals surface area contributed by atoms with Gasteiger partial charge in [-0.3, -0.25) is 14.9 Å². The van der Waals surface area contributed by atoms with Crippen LogP contribution in [0.3, 0.4) is 0 Å². The van der Waals surface area contributed by atoms with Crippen molar-refractivity contribution in [2.75, 3.05) is 13.7 Å². The number of non-ortho nitro benzene ring substituents is 1. The van der Waals surface area contributed by atoms with Crippen molar-refractivity contribution in [2.45, 2.75) is 33.1 Å². The van der Waals surface area contributed by atoms with Gasteiger partial charge in [0.1, 0.15) is 5.78 Å². The van der Waals surface area contributed by atoms with Gasteiger partial charge in [-0.05, 0) is 26.3 Å². The van der Waals surface area contributed by atoms with Crippen LogP contribution in [-0.2, 0) is 19.1 Å². The number of esters is 1. The number of hydrogen-bond donors (Lipinski definition) is 1. The number of rotatable bonds is 7. The molecule has 0 bridgehead atoms. The molecule has 1 N–H and O–H groups in total. The van der Waals surface area contributed by atoms with Gasteiger partial charge in [0.05, 0.1) is 29.1 Å². The number of carboxylic acids is 1. The average molecular weight is 402 g/mol. The Morgan fingerprint density at radius 1 is 1.21 bits per heavy atom. The van der Waals surface area contributed by atoms with E-state index in [1.165, 1.54) is 38.3 Å². The van der Waals surface area contributed by atoms with E-state index in [0.717, 1.165) is 0 Å². The number of allylic oxidation sites excluding steroid dienone is 2. The summed E-state index contributed by atoms with van der Waals surface area (Å²) in [6, 6.07) is 5.52. The monoisotopic (exact) mass is 402 g/mol. The van der Waals surface area contributed by atoms with Crippen LogP contribution in [0, 0.1) is 10.1 Å². The number of carboxylic acid groups (broad SMARTS) is 1. The first-order valence-electron chi connectivity index (χ1n) is 8.84. The van der Waals surface area contributed by atoms with E-state index in [1.54, 1.807) is 18.7 Å². The average Bonchev–Trinajstić information content (AvgIpc) is 2.66. The van der Waals surface area contributed by atoms with E-state index in [4.69, 9.17) is 4.74 Å². The highest BCUT2D eigenvalue weighted by molar-refractivity contribution is 5.99. The van der Waals surface area contributed by atoms with Gasteiger partial charge in [0.15, 0.2) is 0 Å². The Morgan fingerprint density at radius 3 is 2.34 bits per heavy atom. The van der Waals surface area contributed by atoms with E-state index < -0.39 is 22.8 Å². The number of nitro groups is 1. The van der Waals surface area contributed by atoms with Gasteiger partial charge in [-0.15, -0.1) is 0 Å². The lowest BCUT2D eigenvalue weighted by Gasteiger charge is -2.37. The van der Waals surface area contributed by atoms with E-state index in [2.05, 4.69) is 0 Å². The largest absolute Gasteiger partial charge is 0.478 e. The Labute approximate surface area is 167 Å². The molecule has 1 aromatic rings. The number of methoxy groups -OCH3 is 1. The second-order valence-electron chi connectivity index (χ2n) is 6.68. The molecule has 0 radical (unpaired) electrons. The molecule has 2 rings (SSSR count). The van der Waals surface area contributed by atoms with E-state index >= 15 is 0 Å². The van der Waals surface area contributed by atoms with E-state index in [1.807, 2.05) is 0 Å². The van der Waals surface area contributed by atoms with E-state index in [9.17, 15) is 29.6 Å². The van der Waals surface area contributed by atoms with Gasteiger partial charge in [-0.2, -0.15) is 0 Å². The van der Waals surface area contributed by atoms with Gasteiger partial charge in [0.25, 0.3) is 5.69 Å². The summed E-state index contributed by atoms with van der Waals surface area (Å²) in [4.78, 5) is 48.4. The van der Waals surface area contributed by atoms with Crippen molar-refractivity contribution < 1.29 is 29.2 Å². The van der Waals surface area contributed by atoms with Gasteiger partial charge in [0, 0.05) is 36.5 Å². The summed E-state index contributed by atoms with van der Waals surface area (Å²) in [5.41, 5.74) is 0.852. The number of ketones is 1. The number of Topliss-reactive ketones (excluding diaryl/α,β-unsaturated/α-hetero) is 1. The maximum Gasteiger partial charge on any atom is 0.336 e. The van der Waals surface area contributed by atoms with Crippen molar-refractivity contribution in [3.05, 3.63) is 62.5 Å². The highest BCUT2D eigenvalue weighted by Crippen LogP contribution is 2.43. The lowest BCUT2D eigenvalue weighted by atomic mass is 9.79. The summed E-state index contributed by atoms with van der Waals surface area (Å²) in [7, 11) is 1.18. The van der Waals surface area contributed by atoms with Crippen LogP contribution >= 0.6 is 0 Å². The first-order valence-corrected chi connectivity index (χ1v) is 8.84. The second-order valence-corrected chi connectivity index (χ2v) is 6.68. The third-order valence-corrected chi connectivity index (χ3v) is 4.90. The number of benzene rings is 1. The normalized spacial score (nSPS) is 16.7. The van der Waals surface area contributed by atoms with Gasteiger partial charge in [-0.25, -0.2) is 9.59 Å². The van der Waals surface area contributed by atoms with Crippen LogP contribution in [0.15, 0.2) is 46.8 Å². The van der Waals surface area contributed by atoms with Crippen LogP contribution in [0.4, 0.5) is 5.69 Å². The molecule has 1 atom stereocenters. The van der Waals surface area contributed by atoms with Crippen LogP contribution in [0.25, 0.3) is 0 Å². The second kappa shape index (κ2) is 8.68. The van der Waals surface area contributed by atoms with Crippen LogP contribution in [0.5, 0.6) is 0 Å². The summed E-state index contributed by atoms with van der Waals surface area (Å²) in [6.07, 6.45) is 0.164. The summed E-state index contributed by atoms with van der Waals surface area (Å²) in [6.45, 7) is 4.85. The van der Waals surface area contributed by atoms with Gasteiger partial charge in [-0.1, -0.05) is 12.1 Å². The third kappa shape index (κ3) is 4.34. The molecule has 0 aliphatic carbocycles. The molecule has 154 valence electrons. The molecular weight excluding hydrogens is 380 g/mol. The quantitative estimate of drug-likeness (QED) is 0.419. The van der Waals surface area contributed by atoms with Crippen molar-refractivity contribution >= 4 is 23.4 Å². The minimum atomic E-state index is -1.26. The van der Waals surface area contributed by atoms with Crippen LogP contribution in [0.2, 0.25) is 0 Å². The molecule has 1 aliphatic rings. The fourth-order valence-electron chi connectivity index (χ4n) is 3.51. The topological polar surface area (TPSA) is 127 Å². The number of nitrogens with zero attached hydrogens (tertiary/aromatic N) is 2. The number of nitro benzene ring substituents is 1. The molecule has 0 amide bonds. The minimum Gasteiger partial charge on any atom is -0.478 e. The molecule has 0 spiro atoms. The zero-order valence-electron chi connectivity index (χ0n) is 16.6. The molecule has 1 unspecified atom stereocenters. The summed E-state index contributed by atoms with van der Waals surface area (Å²) < 4.78 is 4.89. The maximum absolute atomic E-state index is 12.6. The number of hydrogen-bond acceptors (Lipinski definition) is 7. The van der Waals surface area contributed by atoms with Crippen LogP contribution in [-0.4, -0.2) is 46.3 Å². The first kappa shape index (κ1) is 21.8. The predicted octanol–water partition coefficient (Wildman–Crippen LogP) is 2.78. The lowest BCUT2D eigenvalue weighted by Crippen LogP contribution is -2.35. The number of ether oxygens (including phenoxy) is 1. The molecule has 9 heteroatoms. The number of carbonyl (C=O) groups is 3. The first-order chi connectivity index (χ1) is 13.6. The van der Waals surface area contributed by atoms with Crippen LogP contribution < -0.4 is 0 Å². The molecule has 29 heavy (non-hydrogen) atoms. The number of aliphatic carboxylic acids is 1. The zero-order valence-corrected chi connectivity index (χ0v) is 16.6. The fraction of sp³-hybridized carbons (Fsp3) is 0.350. The lowest BCUT2D eigenvalue weighted by molar-refractivity contribution is -0.384. The summed E-state index contributed by atoms with van der Waals surface area (Å²) >= 11 is 0. The third-order valence-electron chi connectivity index (χ3n) is 4.90. The summed E-state index contributed by atoms with van der Waals surface area (Å²) in [5, 5.41) is 21.1. The highest BCUT2D eigenvalue weighted by Gasteiger charge is 2.40. The molecular formula is C20H22N2O7. The van der Waals surface area contributed by atoms with Crippen molar-refractivity contribution in [3.63, 3.8) is 0 Å². The van der Waals surface area contributed by atoms with Gasteiger partial charge in [0.2, 0.25) is 0 Å². The Balaban J connectivity index is 2.75. The van der Waals surface area contributed by atoms with E-state index in [0.29, 0.717) is 17.0 Å². The maximum atomic E-state index is 12.6. The van der Waals surface area contributed by atoms with Crippen LogP contribution in [0.1, 0.15) is 38.7 Å². The molecule has 0 saturated carbocycles. The van der Waals surface area contributed by atoms with Crippen molar-refractivity contribution in [1.82, 2.24) is 4.90 Å².